The molecule has 3 N–H and O–H groups in total. The number of aromatic nitrogens is 2. The molecule has 1 unspecified atom stereocenters. The lowest BCUT2D eigenvalue weighted by molar-refractivity contribution is 0.0999. The Labute approximate surface area is 129 Å². The number of nitrogens with one attached hydrogen (secondary N) is 2. The molecule has 1 atom stereocenters. The van der Waals surface area contributed by atoms with E-state index in [2.05, 4.69) is 15.3 Å². The topological polar surface area (TPSA) is 60.9 Å². The minimum atomic E-state index is -0.425. The molecule has 0 saturated heterocycles. The number of imidazole rings is 1. The van der Waals surface area contributed by atoms with Gasteiger partial charge in [0.1, 0.15) is 0 Å². The van der Waals surface area contributed by atoms with Crippen molar-refractivity contribution in [3.05, 3.63) is 60.2 Å². The second-order valence-electron chi connectivity index (χ2n) is 6.13. The van der Waals surface area contributed by atoms with E-state index in [-0.39, 0.29) is 5.41 Å². The third kappa shape index (κ3) is 2.35. The molecule has 112 valence electrons. The Balaban J connectivity index is 1.48. The maximum absolute atomic E-state index is 10.7. The molecule has 4 nitrogen and oxygen atoms in total. The lowest BCUT2D eigenvalue weighted by atomic mass is 9.93. The van der Waals surface area contributed by atoms with Gasteiger partial charge in [-0.2, -0.15) is 0 Å². The van der Waals surface area contributed by atoms with Gasteiger partial charge in [-0.25, -0.2) is 4.98 Å². The minimum Gasteiger partial charge on any atom is -0.388 e. The van der Waals surface area contributed by atoms with Gasteiger partial charge >= 0.3 is 0 Å². The van der Waals surface area contributed by atoms with Crippen LogP contribution in [0.3, 0.4) is 0 Å². The van der Waals surface area contributed by atoms with Crippen molar-refractivity contribution in [2.75, 3.05) is 11.9 Å². The number of aliphatic hydroxyl groups excluding tert-OH is 1. The van der Waals surface area contributed by atoms with Crippen LogP contribution in [-0.2, 0) is 0 Å². The monoisotopic (exact) mass is 293 g/mol. The van der Waals surface area contributed by atoms with E-state index in [1.54, 1.807) is 0 Å². The van der Waals surface area contributed by atoms with E-state index in [1.165, 1.54) is 0 Å². The molecule has 2 aromatic carbocycles. The van der Waals surface area contributed by atoms with Gasteiger partial charge in [-0.05, 0) is 30.5 Å². The predicted octanol–water partition coefficient (Wildman–Crippen LogP) is 3.49. The van der Waals surface area contributed by atoms with E-state index in [9.17, 15) is 5.11 Å². The van der Waals surface area contributed by atoms with Gasteiger partial charge < -0.3 is 15.4 Å². The molecule has 4 rings (SSSR count). The number of benzene rings is 2. The van der Waals surface area contributed by atoms with Crippen molar-refractivity contribution in [2.24, 2.45) is 5.41 Å². The molecule has 22 heavy (non-hydrogen) atoms. The van der Waals surface area contributed by atoms with E-state index < -0.39 is 6.10 Å². The Morgan fingerprint density at radius 1 is 1.09 bits per heavy atom. The van der Waals surface area contributed by atoms with Crippen molar-refractivity contribution in [1.82, 2.24) is 9.97 Å². The number of anilines is 1. The molecule has 1 aromatic heterocycles. The van der Waals surface area contributed by atoms with E-state index in [0.29, 0.717) is 0 Å². The number of rotatable bonds is 5. The highest BCUT2D eigenvalue weighted by molar-refractivity contribution is 5.77. The third-order valence-electron chi connectivity index (χ3n) is 4.58. The van der Waals surface area contributed by atoms with E-state index in [1.807, 2.05) is 54.6 Å². The Morgan fingerprint density at radius 2 is 1.82 bits per heavy atom. The first kappa shape index (κ1) is 13.3. The van der Waals surface area contributed by atoms with Crippen LogP contribution in [0.4, 0.5) is 5.95 Å². The van der Waals surface area contributed by atoms with Crippen molar-refractivity contribution in [3.63, 3.8) is 0 Å². The number of H-pyrrole nitrogens is 1. The van der Waals surface area contributed by atoms with Crippen LogP contribution in [0.25, 0.3) is 11.0 Å². The summed E-state index contributed by atoms with van der Waals surface area (Å²) < 4.78 is 0. The Morgan fingerprint density at radius 3 is 2.55 bits per heavy atom. The van der Waals surface area contributed by atoms with Gasteiger partial charge in [0.05, 0.1) is 17.1 Å². The number of aromatic amines is 1. The summed E-state index contributed by atoms with van der Waals surface area (Å²) in [6.07, 6.45) is 1.65. The first-order chi connectivity index (χ1) is 10.8. The highest BCUT2D eigenvalue weighted by atomic mass is 16.3. The summed E-state index contributed by atoms with van der Waals surface area (Å²) in [4.78, 5) is 7.80. The van der Waals surface area contributed by atoms with Crippen LogP contribution in [0.2, 0.25) is 0 Å². The SMILES string of the molecule is OC(c1ccccc1)C1(CNc2nc3ccccc3[nH]2)CC1. The molecule has 0 bridgehead atoms. The number of hydrogen-bond donors (Lipinski definition) is 3. The van der Waals surface area contributed by atoms with Gasteiger partial charge in [-0.3, -0.25) is 0 Å². The Hall–Kier alpha value is -2.33. The van der Waals surface area contributed by atoms with Gasteiger partial charge in [0, 0.05) is 12.0 Å². The molecule has 0 spiro atoms. The molecule has 1 saturated carbocycles. The number of fused-ring (bicyclic) bond motifs is 1. The number of aliphatic hydroxyl groups is 1. The summed E-state index contributed by atoms with van der Waals surface area (Å²) in [5.41, 5.74) is 2.91. The second kappa shape index (κ2) is 5.14. The van der Waals surface area contributed by atoms with Crippen LogP contribution in [0.1, 0.15) is 24.5 Å². The Bertz CT molecular complexity index is 744. The van der Waals surface area contributed by atoms with Gasteiger partial charge in [-0.1, -0.05) is 42.5 Å². The third-order valence-corrected chi connectivity index (χ3v) is 4.58. The molecule has 0 amide bonds. The maximum atomic E-state index is 10.7. The van der Waals surface area contributed by atoms with Crippen LogP contribution in [0, 0.1) is 5.41 Å². The summed E-state index contributed by atoms with van der Waals surface area (Å²) >= 11 is 0. The zero-order valence-electron chi connectivity index (χ0n) is 12.3. The standard InChI is InChI=1S/C18H19N3O/c22-16(13-6-2-1-3-7-13)18(10-11-18)12-19-17-20-14-8-4-5-9-15(14)21-17/h1-9,16,22H,10-12H2,(H2,19,20,21). The lowest BCUT2D eigenvalue weighted by Crippen LogP contribution is -2.23. The van der Waals surface area contributed by atoms with Gasteiger partial charge in [-0.15, -0.1) is 0 Å². The summed E-state index contributed by atoms with van der Waals surface area (Å²) in [7, 11) is 0. The zero-order chi connectivity index (χ0) is 15.0. The summed E-state index contributed by atoms with van der Waals surface area (Å²) in [6.45, 7) is 0.725. The van der Waals surface area contributed by atoms with Crippen molar-refractivity contribution in [1.29, 1.82) is 0 Å². The smallest absolute Gasteiger partial charge is 0.201 e. The largest absolute Gasteiger partial charge is 0.388 e. The molecular formula is C18H19N3O. The number of nitrogens with zero attached hydrogens (tertiary/aromatic N) is 1. The van der Waals surface area contributed by atoms with Crippen LogP contribution in [0.5, 0.6) is 0 Å². The molecule has 3 aromatic rings. The van der Waals surface area contributed by atoms with Crippen LogP contribution < -0.4 is 5.32 Å². The normalized spacial score (nSPS) is 17.3. The number of para-hydroxylation sites is 2. The molecule has 1 aliphatic carbocycles. The average Bonchev–Trinajstić information content (AvgIpc) is 3.25. The fourth-order valence-electron chi connectivity index (χ4n) is 2.99. The van der Waals surface area contributed by atoms with Crippen molar-refractivity contribution < 1.29 is 5.11 Å². The molecular weight excluding hydrogens is 274 g/mol. The van der Waals surface area contributed by atoms with Crippen molar-refractivity contribution >= 4 is 17.0 Å². The fourth-order valence-corrected chi connectivity index (χ4v) is 2.99. The maximum Gasteiger partial charge on any atom is 0.201 e. The molecule has 0 aliphatic heterocycles. The van der Waals surface area contributed by atoms with Gasteiger partial charge in [0.2, 0.25) is 5.95 Å². The highest BCUT2D eigenvalue weighted by Gasteiger charge is 2.49. The lowest BCUT2D eigenvalue weighted by Gasteiger charge is -2.22. The van der Waals surface area contributed by atoms with E-state index >= 15 is 0 Å². The van der Waals surface area contributed by atoms with Crippen molar-refractivity contribution in [2.45, 2.75) is 18.9 Å². The summed E-state index contributed by atoms with van der Waals surface area (Å²) in [5.74, 6) is 0.771. The van der Waals surface area contributed by atoms with Gasteiger partial charge in [0.15, 0.2) is 0 Å². The first-order valence-corrected chi connectivity index (χ1v) is 7.69. The molecule has 1 fully saturated rings. The minimum absolute atomic E-state index is 0.0691. The summed E-state index contributed by atoms with van der Waals surface area (Å²) in [5, 5.41) is 14.0. The number of hydrogen-bond acceptors (Lipinski definition) is 3. The first-order valence-electron chi connectivity index (χ1n) is 7.69. The summed E-state index contributed by atoms with van der Waals surface area (Å²) in [6, 6.07) is 17.9. The van der Waals surface area contributed by atoms with E-state index in [0.717, 1.165) is 41.9 Å². The Kier molecular flexibility index (Phi) is 3.12. The van der Waals surface area contributed by atoms with Crippen LogP contribution >= 0.6 is 0 Å². The fraction of sp³-hybridized carbons (Fsp3) is 0.278. The second-order valence-corrected chi connectivity index (χ2v) is 6.13. The van der Waals surface area contributed by atoms with Crippen molar-refractivity contribution in [3.8, 4) is 0 Å². The molecule has 4 heteroatoms. The molecule has 0 radical (unpaired) electrons. The van der Waals surface area contributed by atoms with E-state index in [4.69, 9.17) is 0 Å². The van der Waals surface area contributed by atoms with Gasteiger partial charge in [0.25, 0.3) is 0 Å². The predicted molar refractivity (Wildman–Crippen MR) is 87.7 cm³/mol. The van der Waals surface area contributed by atoms with Crippen LogP contribution in [-0.4, -0.2) is 21.6 Å². The quantitative estimate of drug-likeness (QED) is 0.675. The molecule has 1 heterocycles. The average molecular weight is 293 g/mol. The zero-order valence-corrected chi connectivity index (χ0v) is 12.3. The molecule has 1 aliphatic rings. The highest BCUT2D eigenvalue weighted by Crippen LogP contribution is 2.54. The van der Waals surface area contributed by atoms with Crippen LogP contribution in [0.15, 0.2) is 54.6 Å².